The summed E-state index contributed by atoms with van der Waals surface area (Å²) < 4.78 is 41.4. The van der Waals surface area contributed by atoms with E-state index in [1.165, 1.54) is 6.07 Å². The molecule has 0 radical (unpaired) electrons. The fourth-order valence-corrected chi connectivity index (χ4v) is 3.56. The van der Waals surface area contributed by atoms with Crippen molar-refractivity contribution in [2.45, 2.75) is 65.8 Å². The lowest BCUT2D eigenvalue weighted by molar-refractivity contribution is -0.0587. The lowest BCUT2D eigenvalue weighted by Gasteiger charge is -2.30. The molecule has 0 bridgehead atoms. The minimum atomic E-state index is -0.801. The molecule has 8 heteroatoms. The molecule has 0 aliphatic rings. The summed E-state index contributed by atoms with van der Waals surface area (Å²) in [6.45, 7) is 12.7. The number of hydrogen-bond donors (Lipinski definition) is 1. The summed E-state index contributed by atoms with van der Waals surface area (Å²) in [5.41, 5.74) is 1.85. The monoisotopic (exact) mass is 487 g/mol. The van der Waals surface area contributed by atoms with Crippen LogP contribution < -0.4 is 4.74 Å². The minimum Gasteiger partial charge on any atom is -0.435 e. The largest absolute Gasteiger partial charge is 0.435 e. The Morgan fingerprint density at radius 3 is 2.37 bits per heavy atom. The highest BCUT2D eigenvalue weighted by molar-refractivity contribution is 5.43. The van der Waals surface area contributed by atoms with Crippen molar-refractivity contribution in [3.8, 4) is 17.3 Å². The van der Waals surface area contributed by atoms with Gasteiger partial charge in [-0.3, -0.25) is 4.90 Å². The fraction of sp³-hybridized carbons (Fsp3) is 0.444. The average molecular weight is 488 g/mol. The number of ether oxygens (including phenoxy) is 2. The van der Waals surface area contributed by atoms with E-state index in [0.29, 0.717) is 24.7 Å². The normalized spacial score (nSPS) is 13.0. The third-order valence-electron chi connectivity index (χ3n) is 5.48. The number of benzene rings is 2. The zero-order valence-corrected chi connectivity index (χ0v) is 21.3. The number of nitrogens with zero attached hydrogens (tertiary/aromatic N) is 3. The van der Waals surface area contributed by atoms with E-state index in [0.717, 1.165) is 23.4 Å². The van der Waals surface area contributed by atoms with E-state index < -0.39 is 17.7 Å². The Balaban J connectivity index is 1.95. The Hall–Kier alpha value is -2.81. The Kier molecular flexibility index (Phi) is 8.64. The summed E-state index contributed by atoms with van der Waals surface area (Å²) in [5, 5.41) is 15.3. The molecule has 3 aromatic rings. The molecule has 0 unspecified atom stereocenters. The van der Waals surface area contributed by atoms with Crippen molar-refractivity contribution in [1.82, 2.24) is 14.7 Å². The van der Waals surface area contributed by atoms with Crippen LogP contribution in [0.15, 0.2) is 48.5 Å². The Morgan fingerprint density at radius 1 is 1.09 bits per heavy atom. The number of aliphatic hydroxyl groups is 1. The third kappa shape index (κ3) is 7.34. The molecular formula is C27H35F2N3O3. The van der Waals surface area contributed by atoms with Crippen LogP contribution in [0.2, 0.25) is 0 Å². The van der Waals surface area contributed by atoms with E-state index in [2.05, 4.69) is 10.00 Å². The summed E-state index contributed by atoms with van der Waals surface area (Å²) in [5.74, 6) is -1.24. The average Bonchev–Trinajstić information content (AvgIpc) is 3.09. The first-order valence-electron chi connectivity index (χ1n) is 11.8. The summed E-state index contributed by atoms with van der Waals surface area (Å²) in [6.07, 6.45) is -0.694. The van der Waals surface area contributed by atoms with Crippen molar-refractivity contribution < 1.29 is 23.4 Å². The second kappa shape index (κ2) is 11.3. The van der Waals surface area contributed by atoms with Gasteiger partial charge in [-0.05, 0) is 65.8 Å². The Morgan fingerprint density at radius 2 is 1.77 bits per heavy atom. The molecule has 1 N–H and O–H groups in total. The zero-order valence-electron chi connectivity index (χ0n) is 21.3. The maximum Gasteiger partial charge on any atom is 0.227 e. The molecule has 0 aliphatic carbocycles. The second-order valence-corrected chi connectivity index (χ2v) is 9.89. The first kappa shape index (κ1) is 26.8. The van der Waals surface area contributed by atoms with Gasteiger partial charge in [0.1, 0.15) is 5.82 Å². The highest BCUT2D eigenvalue weighted by Crippen LogP contribution is 2.33. The molecule has 0 saturated carbocycles. The molecule has 6 nitrogen and oxygen atoms in total. The van der Waals surface area contributed by atoms with Gasteiger partial charge in [0.25, 0.3) is 0 Å². The highest BCUT2D eigenvalue weighted by Gasteiger charge is 2.25. The Bertz CT molecular complexity index is 1110. The number of rotatable bonds is 10. The van der Waals surface area contributed by atoms with Gasteiger partial charge in [-0.25, -0.2) is 13.5 Å². The summed E-state index contributed by atoms with van der Waals surface area (Å²) in [4.78, 5) is 2.09. The summed E-state index contributed by atoms with van der Waals surface area (Å²) in [6, 6.07) is 12.7. The third-order valence-corrected chi connectivity index (χ3v) is 5.48. The molecule has 0 spiro atoms. The van der Waals surface area contributed by atoms with Crippen molar-refractivity contribution in [2.24, 2.45) is 0 Å². The highest BCUT2D eigenvalue weighted by atomic mass is 19.1. The SMILES string of the molecule is Cc1nn(-c2ccccc2)c(Oc2ccc(F)cc2F)c1CN(C[C@@H](O)COC(C)(C)C)C(C)C. The van der Waals surface area contributed by atoms with E-state index in [1.807, 2.05) is 71.9 Å². The lowest BCUT2D eigenvalue weighted by Crippen LogP contribution is -2.40. The van der Waals surface area contributed by atoms with Crippen molar-refractivity contribution in [3.63, 3.8) is 0 Å². The van der Waals surface area contributed by atoms with Gasteiger partial charge in [-0.2, -0.15) is 5.10 Å². The molecule has 0 amide bonds. The molecule has 190 valence electrons. The van der Waals surface area contributed by atoms with Crippen LogP contribution in [0, 0.1) is 18.6 Å². The van der Waals surface area contributed by atoms with Gasteiger partial charge in [-0.15, -0.1) is 0 Å². The zero-order chi connectivity index (χ0) is 25.8. The Labute approximate surface area is 206 Å². The standard InChI is InChI=1S/C27H35F2N3O3/c1-18(2)31(15-22(33)17-34-27(4,5)6)16-23-19(3)30-32(21-10-8-7-9-11-21)26(23)35-25-13-12-20(28)14-24(25)29/h7-14,18,22,33H,15-17H2,1-6H3/t22-/m1/s1. The quantitative estimate of drug-likeness (QED) is 0.401. The van der Waals surface area contributed by atoms with Crippen LogP contribution in [0.5, 0.6) is 11.6 Å². The minimum absolute atomic E-state index is 0.0918. The van der Waals surface area contributed by atoms with Gasteiger partial charge in [0.2, 0.25) is 5.88 Å². The molecular weight excluding hydrogens is 452 g/mol. The van der Waals surface area contributed by atoms with Crippen LogP contribution in [0.3, 0.4) is 0 Å². The van der Waals surface area contributed by atoms with Crippen molar-refractivity contribution in [1.29, 1.82) is 0 Å². The molecule has 0 saturated heterocycles. The summed E-state index contributed by atoms with van der Waals surface area (Å²) in [7, 11) is 0. The van der Waals surface area contributed by atoms with E-state index >= 15 is 0 Å². The molecule has 35 heavy (non-hydrogen) atoms. The van der Waals surface area contributed by atoms with Crippen LogP contribution in [0.4, 0.5) is 8.78 Å². The van der Waals surface area contributed by atoms with Crippen molar-refractivity contribution in [2.75, 3.05) is 13.2 Å². The van der Waals surface area contributed by atoms with Crippen LogP contribution in [-0.4, -0.2) is 50.7 Å². The predicted molar refractivity (Wildman–Crippen MR) is 132 cm³/mol. The molecule has 1 atom stereocenters. The van der Waals surface area contributed by atoms with Gasteiger partial charge in [0, 0.05) is 25.2 Å². The molecule has 0 aliphatic heterocycles. The van der Waals surface area contributed by atoms with Crippen LogP contribution in [-0.2, 0) is 11.3 Å². The van der Waals surface area contributed by atoms with Gasteiger partial charge in [-0.1, -0.05) is 18.2 Å². The van der Waals surface area contributed by atoms with Gasteiger partial charge in [0.15, 0.2) is 11.6 Å². The topological polar surface area (TPSA) is 59.8 Å². The maximum absolute atomic E-state index is 14.5. The number of hydrogen-bond acceptors (Lipinski definition) is 5. The smallest absolute Gasteiger partial charge is 0.227 e. The number of halogens is 2. The number of aromatic nitrogens is 2. The van der Waals surface area contributed by atoms with Gasteiger partial charge >= 0.3 is 0 Å². The summed E-state index contributed by atoms with van der Waals surface area (Å²) >= 11 is 0. The van der Waals surface area contributed by atoms with Gasteiger partial charge in [0.05, 0.1) is 35.3 Å². The molecule has 3 rings (SSSR count). The molecule has 1 aromatic heterocycles. The van der Waals surface area contributed by atoms with Crippen molar-refractivity contribution in [3.05, 3.63) is 71.4 Å². The first-order chi connectivity index (χ1) is 16.4. The predicted octanol–water partition coefficient (Wildman–Crippen LogP) is 5.64. The van der Waals surface area contributed by atoms with E-state index in [4.69, 9.17) is 9.47 Å². The molecule has 1 heterocycles. The van der Waals surface area contributed by atoms with Crippen LogP contribution in [0.25, 0.3) is 5.69 Å². The lowest BCUT2D eigenvalue weighted by atomic mass is 10.1. The van der Waals surface area contributed by atoms with Crippen LogP contribution in [0.1, 0.15) is 45.9 Å². The number of aryl methyl sites for hydroxylation is 1. The number of aliphatic hydroxyl groups excluding tert-OH is 1. The molecule has 0 fully saturated rings. The fourth-order valence-electron chi connectivity index (χ4n) is 3.56. The maximum atomic E-state index is 14.5. The number of para-hydroxylation sites is 1. The molecule has 2 aromatic carbocycles. The van der Waals surface area contributed by atoms with Crippen molar-refractivity contribution >= 4 is 0 Å². The second-order valence-electron chi connectivity index (χ2n) is 9.89. The first-order valence-corrected chi connectivity index (χ1v) is 11.8. The van der Waals surface area contributed by atoms with E-state index in [1.54, 1.807) is 4.68 Å². The van der Waals surface area contributed by atoms with Gasteiger partial charge < -0.3 is 14.6 Å². The van der Waals surface area contributed by atoms with E-state index in [-0.39, 0.29) is 24.0 Å². The van der Waals surface area contributed by atoms with Crippen LogP contribution >= 0.6 is 0 Å². The van der Waals surface area contributed by atoms with E-state index in [9.17, 15) is 13.9 Å².